The summed E-state index contributed by atoms with van der Waals surface area (Å²) in [6, 6.07) is 12.6. The van der Waals surface area contributed by atoms with E-state index in [4.69, 9.17) is 9.47 Å². The van der Waals surface area contributed by atoms with Crippen molar-refractivity contribution in [3.63, 3.8) is 0 Å². The van der Waals surface area contributed by atoms with Gasteiger partial charge in [-0.2, -0.15) is 0 Å². The molecule has 3 aromatic rings. The van der Waals surface area contributed by atoms with Crippen molar-refractivity contribution >= 4 is 44.9 Å². The van der Waals surface area contributed by atoms with Crippen LogP contribution < -0.4 is 15.4 Å². The molecule has 2 amide bonds. The van der Waals surface area contributed by atoms with Crippen LogP contribution in [0, 0.1) is 0 Å². The molecular formula is C27H34N4O5S. The number of nitrogens with zero attached hydrogens (tertiary/aromatic N) is 1. The minimum Gasteiger partial charge on any atom is -0.492 e. The van der Waals surface area contributed by atoms with Gasteiger partial charge in [-0.3, -0.25) is 9.11 Å². The fourth-order valence-electron chi connectivity index (χ4n) is 4.19. The van der Waals surface area contributed by atoms with Crippen molar-refractivity contribution in [3.8, 4) is 5.75 Å². The van der Waals surface area contributed by atoms with Crippen molar-refractivity contribution in [1.29, 1.82) is 0 Å². The summed E-state index contributed by atoms with van der Waals surface area (Å²) in [5.74, 6) is 1.60. The summed E-state index contributed by atoms with van der Waals surface area (Å²) < 4.78 is 22.5. The van der Waals surface area contributed by atoms with Gasteiger partial charge >= 0.3 is 12.0 Å². The van der Waals surface area contributed by atoms with E-state index in [2.05, 4.69) is 20.5 Å². The lowest BCUT2D eigenvalue weighted by atomic mass is 9.92. The second kappa shape index (κ2) is 11.4. The Morgan fingerprint density at radius 1 is 1.03 bits per heavy atom. The van der Waals surface area contributed by atoms with Gasteiger partial charge in [0, 0.05) is 63.8 Å². The highest BCUT2D eigenvalue weighted by Gasteiger charge is 2.24. The van der Waals surface area contributed by atoms with Crippen LogP contribution in [0.1, 0.15) is 37.0 Å². The van der Waals surface area contributed by atoms with Crippen molar-refractivity contribution in [2.45, 2.75) is 26.2 Å². The molecule has 0 spiro atoms. The Hall–Kier alpha value is -3.37. The van der Waals surface area contributed by atoms with Crippen LogP contribution in [0.25, 0.3) is 10.8 Å². The van der Waals surface area contributed by atoms with E-state index in [-0.39, 0.29) is 11.1 Å². The van der Waals surface area contributed by atoms with Gasteiger partial charge in [-0.25, -0.2) is 9.59 Å². The molecule has 2 heterocycles. The molecule has 0 bridgehead atoms. The predicted octanol–water partition coefficient (Wildman–Crippen LogP) is 4.34. The van der Waals surface area contributed by atoms with Crippen LogP contribution >= 0.6 is 0 Å². The number of aromatic amines is 1. The molecule has 1 saturated heterocycles. The number of carbonyl (C=O) groups excluding carboxylic acids is 2. The predicted molar refractivity (Wildman–Crippen MR) is 147 cm³/mol. The van der Waals surface area contributed by atoms with Crippen LogP contribution in [0.5, 0.6) is 5.75 Å². The Labute approximate surface area is 219 Å². The molecule has 0 atom stereocenters. The Balaban J connectivity index is 1.47. The lowest BCUT2D eigenvalue weighted by Gasteiger charge is -2.26. The standard InChI is InChI=1S/C27H34N4O5S/c1-27(2,3)23-17-21(24(30-23)25(32)35-4)29-26(33)28-20-9-10-22(19-8-6-5-7-18(19)20)36-14-11-31-12-15-37(34)16-13-31/h5-10,17,30H,11-16H2,1-4H3,(H2,28,29,33). The number of hydrogen-bond donors (Lipinski definition) is 3. The van der Waals surface area contributed by atoms with E-state index in [1.54, 1.807) is 12.1 Å². The van der Waals surface area contributed by atoms with Crippen LogP contribution in [0.2, 0.25) is 0 Å². The Morgan fingerprint density at radius 2 is 1.70 bits per heavy atom. The van der Waals surface area contributed by atoms with E-state index in [9.17, 15) is 13.8 Å². The minimum atomic E-state index is -0.696. The highest BCUT2D eigenvalue weighted by molar-refractivity contribution is 7.85. The maximum Gasteiger partial charge on any atom is 0.356 e. The highest BCUT2D eigenvalue weighted by Crippen LogP contribution is 2.32. The third kappa shape index (κ3) is 6.50. The lowest BCUT2D eigenvalue weighted by Crippen LogP contribution is -2.39. The number of esters is 1. The highest BCUT2D eigenvalue weighted by atomic mass is 32.2. The van der Waals surface area contributed by atoms with Gasteiger partial charge in [0.25, 0.3) is 0 Å². The molecule has 1 fully saturated rings. The SMILES string of the molecule is COC(=O)c1[nH]c(C(C)(C)C)cc1NC(=O)Nc1ccc(OCCN2CCS(=O)CC2)c2ccccc12. The summed E-state index contributed by atoms with van der Waals surface area (Å²) in [5, 5.41) is 7.39. The van der Waals surface area contributed by atoms with Gasteiger partial charge in [-0.05, 0) is 18.2 Å². The van der Waals surface area contributed by atoms with Crippen molar-refractivity contribution < 1.29 is 23.3 Å². The van der Waals surface area contributed by atoms with E-state index in [1.807, 2.05) is 51.1 Å². The van der Waals surface area contributed by atoms with Crippen molar-refractivity contribution in [2.75, 3.05) is 55.5 Å². The van der Waals surface area contributed by atoms with Gasteiger partial charge < -0.3 is 25.1 Å². The third-order valence-electron chi connectivity index (χ3n) is 6.33. The Bertz CT molecular complexity index is 1300. The number of urea groups is 1. The number of anilines is 2. The van der Waals surface area contributed by atoms with Crippen LogP contribution in [-0.2, 0) is 21.0 Å². The van der Waals surface area contributed by atoms with Crippen LogP contribution in [0.4, 0.5) is 16.2 Å². The third-order valence-corrected chi connectivity index (χ3v) is 7.61. The maximum atomic E-state index is 13.0. The van der Waals surface area contributed by atoms with Gasteiger partial charge in [0.15, 0.2) is 0 Å². The van der Waals surface area contributed by atoms with E-state index in [0.717, 1.165) is 41.9 Å². The monoisotopic (exact) mass is 526 g/mol. The molecule has 4 rings (SSSR count). The van der Waals surface area contributed by atoms with E-state index in [1.165, 1.54) is 7.11 Å². The second-order valence-corrected chi connectivity index (χ2v) is 11.7. The minimum absolute atomic E-state index is 0.191. The molecule has 0 radical (unpaired) electrons. The molecule has 37 heavy (non-hydrogen) atoms. The summed E-state index contributed by atoms with van der Waals surface area (Å²) >= 11 is 0. The number of methoxy groups -OCH3 is 1. The molecule has 10 heteroatoms. The largest absolute Gasteiger partial charge is 0.492 e. The van der Waals surface area contributed by atoms with Gasteiger partial charge in [0.2, 0.25) is 0 Å². The van der Waals surface area contributed by atoms with Crippen LogP contribution in [0.3, 0.4) is 0 Å². The smallest absolute Gasteiger partial charge is 0.356 e. The zero-order valence-corrected chi connectivity index (χ0v) is 22.5. The number of fused-ring (bicyclic) bond motifs is 1. The molecular weight excluding hydrogens is 492 g/mol. The quantitative estimate of drug-likeness (QED) is 0.395. The van der Waals surface area contributed by atoms with E-state index < -0.39 is 22.8 Å². The number of ether oxygens (including phenoxy) is 2. The summed E-state index contributed by atoms with van der Waals surface area (Å²) in [4.78, 5) is 30.6. The van der Waals surface area contributed by atoms with Gasteiger partial charge in [-0.1, -0.05) is 45.0 Å². The summed E-state index contributed by atoms with van der Waals surface area (Å²) in [6.45, 7) is 8.96. The lowest BCUT2D eigenvalue weighted by molar-refractivity contribution is 0.0595. The first-order valence-electron chi connectivity index (χ1n) is 12.3. The van der Waals surface area contributed by atoms with E-state index >= 15 is 0 Å². The van der Waals surface area contributed by atoms with Crippen molar-refractivity contribution in [2.24, 2.45) is 0 Å². The number of nitrogens with one attached hydrogen (secondary N) is 3. The number of aromatic nitrogens is 1. The first-order chi connectivity index (χ1) is 17.7. The average Bonchev–Trinajstić information content (AvgIpc) is 3.30. The molecule has 0 saturated carbocycles. The first kappa shape index (κ1) is 26.7. The number of benzene rings is 2. The normalized spacial score (nSPS) is 14.9. The summed E-state index contributed by atoms with van der Waals surface area (Å²) in [5.41, 5.74) is 1.70. The number of amides is 2. The van der Waals surface area contributed by atoms with Crippen LogP contribution in [0.15, 0.2) is 42.5 Å². The van der Waals surface area contributed by atoms with Gasteiger partial charge in [0.1, 0.15) is 18.1 Å². The number of H-pyrrole nitrogens is 1. The summed E-state index contributed by atoms with van der Waals surface area (Å²) in [7, 11) is 0.604. The molecule has 1 aromatic heterocycles. The average molecular weight is 527 g/mol. The maximum absolute atomic E-state index is 13.0. The van der Waals surface area contributed by atoms with Crippen LogP contribution in [-0.4, -0.2) is 70.9 Å². The molecule has 0 aliphatic carbocycles. The number of hydrogen-bond acceptors (Lipinski definition) is 6. The number of carbonyl (C=O) groups is 2. The first-order valence-corrected chi connectivity index (χ1v) is 13.8. The zero-order valence-electron chi connectivity index (χ0n) is 21.7. The molecule has 2 aromatic carbocycles. The van der Waals surface area contributed by atoms with Gasteiger partial charge in [-0.15, -0.1) is 0 Å². The van der Waals surface area contributed by atoms with Crippen molar-refractivity contribution in [1.82, 2.24) is 9.88 Å². The fourth-order valence-corrected chi connectivity index (χ4v) is 5.31. The molecule has 1 aliphatic rings. The van der Waals surface area contributed by atoms with Gasteiger partial charge in [0.05, 0.1) is 18.5 Å². The fraction of sp³-hybridized carbons (Fsp3) is 0.407. The molecule has 0 unspecified atom stereocenters. The Morgan fingerprint density at radius 3 is 2.38 bits per heavy atom. The molecule has 9 nitrogen and oxygen atoms in total. The second-order valence-electron chi connectivity index (χ2n) is 9.99. The van der Waals surface area contributed by atoms with Crippen molar-refractivity contribution in [3.05, 3.63) is 53.9 Å². The Kier molecular flexibility index (Phi) is 8.19. The van der Waals surface area contributed by atoms with E-state index in [0.29, 0.717) is 29.5 Å². The summed E-state index contributed by atoms with van der Waals surface area (Å²) in [6.07, 6.45) is 0. The topological polar surface area (TPSA) is 113 Å². The number of rotatable bonds is 7. The molecule has 3 N–H and O–H groups in total. The zero-order chi connectivity index (χ0) is 26.6. The molecule has 1 aliphatic heterocycles. The molecule has 198 valence electrons.